The summed E-state index contributed by atoms with van der Waals surface area (Å²) in [5.74, 6) is 1.02. The maximum Gasteiger partial charge on any atom is 0.240 e. The molecule has 0 saturated heterocycles. The number of hydrogen-bond donors (Lipinski definition) is 2. The quantitative estimate of drug-likeness (QED) is 0.781. The molecule has 0 aromatic carbocycles. The molecule has 1 aromatic heterocycles. The third-order valence-electron chi connectivity index (χ3n) is 3.87. The molecule has 0 unspecified atom stereocenters. The fourth-order valence-electron chi connectivity index (χ4n) is 2.74. The Labute approximate surface area is 121 Å². The molecule has 1 aliphatic carbocycles. The highest BCUT2D eigenvalue weighted by Crippen LogP contribution is 2.17. The van der Waals surface area contributed by atoms with Gasteiger partial charge in [-0.3, -0.25) is 4.79 Å². The summed E-state index contributed by atoms with van der Waals surface area (Å²) in [6.45, 7) is 4.05. The van der Waals surface area contributed by atoms with Crippen molar-refractivity contribution in [1.29, 1.82) is 0 Å². The van der Waals surface area contributed by atoms with Crippen LogP contribution in [0, 0.1) is 0 Å². The highest BCUT2D eigenvalue weighted by atomic mass is 16.2. The van der Waals surface area contributed by atoms with Crippen LogP contribution < -0.4 is 10.6 Å². The van der Waals surface area contributed by atoms with Gasteiger partial charge in [0, 0.05) is 18.4 Å². The number of hydrogen-bond acceptors (Lipinski definition) is 3. The van der Waals surface area contributed by atoms with Crippen LogP contribution in [-0.4, -0.2) is 28.0 Å². The second kappa shape index (κ2) is 8.04. The normalized spacial score (nSPS) is 16.9. The highest BCUT2D eigenvalue weighted by Gasteiger charge is 2.15. The number of aromatic nitrogens is 2. The Bertz CT molecular complexity index is 408. The zero-order chi connectivity index (χ0) is 14.2. The molecule has 5 heteroatoms. The molecular weight excluding hydrogens is 252 g/mol. The van der Waals surface area contributed by atoms with Gasteiger partial charge in [0.25, 0.3) is 0 Å². The zero-order valence-electron chi connectivity index (χ0n) is 12.4. The average molecular weight is 278 g/mol. The topological polar surface area (TPSA) is 59.0 Å². The average Bonchev–Trinajstić information content (AvgIpc) is 2.70. The van der Waals surface area contributed by atoms with E-state index in [1.807, 2.05) is 10.8 Å². The van der Waals surface area contributed by atoms with Crippen molar-refractivity contribution in [2.24, 2.45) is 0 Å². The summed E-state index contributed by atoms with van der Waals surface area (Å²) in [5, 5.41) is 6.41. The van der Waals surface area contributed by atoms with Crippen LogP contribution >= 0.6 is 0 Å². The van der Waals surface area contributed by atoms with Gasteiger partial charge in [0.15, 0.2) is 0 Å². The number of nitrogens with one attached hydrogen (secondary N) is 2. The van der Waals surface area contributed by atoms with Crippen molar-refractivity contribution in [1.82, 2.24) is 20.2 Å². The van der Waals surface area contributed by atoms with E-state index in [1.165, 1.54) is 25.7 Å². The molecule has 0 aliphatic heterocycles. The van der Waals surface area contributed by atoms with Crippen LogP contribution in [0.3, 0.4) is 0 Å². The summed E-state index contributed by atoms with van der Waals surface area (Å²) in [5.41, 5.74) is 0. The van der Waals surface area contributed by atoms with Crippen LogP contribution in [0.25, 0.3) is 0 Å². The molecule has 1 fully saturated rings. The van der Waals surface area contributed by atoms with E-state index in [2.05, 4.69) is 22.5 Å². The fraction of sp³-hybridized carbons (Fsp3) is 0.733. The first-order valence-corrected chi connectivity index (χ1v) is 7.79. The fourth-order valence-corrected chi connectivity index (χ4v) is 2.74. The second-order valence-electron chi connectivity index (χ2n) is 5.51. The van der Waals surface area contributed by atoms with Gasteiger partial charge in [-0.2, -0.15) is 0 Å². The molecule has 1 aliphatic rings. The van der Waals surface area contributed by atoms with Crippen molar-refractivity contribution in [2.75, 3.05) is 6.54 Å². The van der Waals surface area contributed by atoms with Gasteiger partial charge in [-0.05, 0) is 19.4 Å². The summed E-state index contributed by atoms with van der Waals surface area (Å²) in [4.78, 5) is 16.4. The number of carbonyl (C=O) groups is 1. The number of amides is 1. The molecule has 5 nitrogen and oxygen atoms in total. The predicted octanol–water partition coefficient (Wildman–Crippen LogP) is 1.83. The van der Waals surface area contributed by atoms with Crippen molar-refractivity contribution in [3.8, 4) is 0 Å². The Balaban J connectivity index is 1.82. The highest BCUT2D eigenvalue weighted by molar-refractivity contribution is 5.76. The molecule has 0 radical (unpaired) electrons. The number of carbonyl (C=O) groups excluding carboxylic acids is 1. The Kier molecular flexibility index (Phi) is 6.05. The van der Waals surface area contributed by atoms with E-state index >= 15 is 0 Å². The number of nitrogens with zero attached hydrogens (tertiary/aromatic N) is 2. The van der Waals surface area contributed by atoms with E-state index in [-0.39, 0.29) is 5.91 Å². The van der Waals surface area contributed by atoms with Gasteiger partial charge < -0.3 is 15.2 Å². The van der Waals surface area contributed by atoms with Gasteiger partial charge in [0.05, 0.1) is 6.54 Å². The minimum absolute atomic E-state index is 0.104. The lowest BCUT2D eigenvalue weighted by Crippen LogP contribution is -2.37. The maximum absolute atomic E-state index is 12.1. The number of imidazole rings is 1. The van der Waals surface area contributed by atoms with Crippen LogP contribution in [0.4, 0.5) is 0 Å². The Morgan fingerprint density at radius 1 is 1.35 bits per heavy atom. The first-order chi connectivity index (χ1) is 9.79. The largest absolute Gasteiger partial charge is 0.352 e. The molecule has 1 saturated carbocycles. The van der Waals surface area contributed by atoms with Crippen molar-refractivity contribution in [3.05, 3.63) is 18.2 Å². The summed E-state index contributed by atoms with van der Waals surface area (Å²) < 4.78 is 1.93. The third-order valence-corrected chi connectivity index (χ3v) is 3.87. The monoisotopic (exact) mass is 278 g/mol. The summed E-state index contributed by atoms with van der Waals surface area (Å²) in [7, 11) is 0. The zero-order valence-corrected chi connectivity index (χ0v) is 12.4. The van der Waals surface area contributed by atoms with Gasteiger partial charge in [0.1, 0.15) is 12.4 Å². The van der Waals surface area contributed by atoms with E-state index in [1.54, 1.807) is 6.20 Å². The van der Waals surface area contributed by atoms with E-state index in [4.69, 9.17) is 0 Å². The Morgan fingerprint density at radius 3 is 2.80 bits per heavy atom. The van der Waals surface area contributed by atoms with Crippen LogP contribution in [0.2, 0.25) is 0 Å². The lowest BCUT2D eigenvalue weighted by atomic mass is 10.1. The molecule has 0 bridgehead atoms. The van der Waals surface area contributed by atoms with Gasteiger partial charge in [-0.15, -0.1) is 0 Å². The minimum Gasteiger partial charge on any atom is -0.352 e. The minimum atomic E-state index is 0.104. The van der Waals surface area contributed by atoms with Gasteiger partial charge in [0.2, 0.25) is 5.91 Å². The molecule has 1 amide bonds. The summed E-state index contributed by atoms with van der Waals surface area (Å²) >= 11 is 0. The molecule has 1 aromatic rings. The molecule has 20 heavy (non-hydrogen) atoms. The first-order valence-electron chi connectivity index (χ1n) is 7.79. The molecular formula is C15H26N4O. The molecule has 2 rings (SSSR count). The summed E-state index contributed by atoms with van der Waals surface area (Å²) in [6, 6.07) is 0.366. The SMILES string of the molecule is CCNCc1nccn1CC(=O)NC1CCCCCC1. The van der Waals surface area contributed by atoms with E-state index in [0.717, 1.165) is 25.2 Å². The van der Waals surface area contributed by atoms with Crippen molar-refractivity contribution >= 4 is 5.91 Å². The van der Waals surface area contributed by atoms with Gasteiger partial charge >= 0.3 is 0 Å². The Morgan fingerprint density at radius 2 is 2.10 bits per heavy atom. The lowest BCUT2D eigenvalue weighted by molar-refractivity contribution is -0.122. The smallest absolute Gasteiger partial charge is 0.240 e. The van der Waals surface area contributed by atoms with Gasteiger partial charge in [-0.25, -0.2) is 4.98 Å². The molecule has 2 N–H and O–H groups in total. The van der Waals surface area contributed by atoms with E-state index in [9.17, 15) is 4.79 Å². The van der Waals surface area contributed by atoms with E-state index < -0.39 is 0 Å². The van der Waals surface area contributed by atoms with Crippen molar-refractivity contribution in [2.45, 2.75) is 64.6 Å². The van der Waals surface area contributed by atoms with Gasteiger partial charge in [-0.1, -0.05) is 32.6 Å². The van der Waals surface area contributed by atoms with Crippen LogP contribution in [0.5, 0.6) is 0 Å². The Hall–Kier alpha value is -1.36. The molecule has 0 spiro atoms. The van der Waals surface area contributed by atoms with Crippen LogP contribution in [0.15, 0.2) is 12.4 Å². The number of rotatable bonds is 6. The summed E-state index contributed by atoms with van der Waals surface area (Å²) in [6.07, 6.45) is 11.0. The lowest BCUT2D eigenvalue weighted by Gasteiger charge is -2.17. The third kappa shape index (κ3) is 4.63. The van der Waals surface area contributed by atoms with E-state index in [0.29, 0.717) is 19.1 Å². The molecule has 0 atom stereocenters. The molecule has 112 valence electrons. The van der Waals surface area contributed by atoms with Crippen molar-refractivity contribution in [3.63, 3.8) is 0 Å². The first kappa shape index (κ1) is 15.0. The maximum atomic E-state index is 12.1. The van der Waals surface area contributed by atoms with Crippen LogP contribution in [0.1, 0.15) is 51.3 Å². The molecule has 1 heterocycles. The second-order valence-corrected chi connectivity index (χ2v) is 5.51. The van der Waals surface area contributed by atoms with Crippen LogP contribution in [-0.2, 0) is 17.9 Å². The predicted molar refractivity (Wildman–Crippen MR) is 79.2 cm³/mol. The standard InChI is InChI=1S/C15H26N4O/c1-2-16-11-14-17-9-10-19(14)12-15(20)18-13-7-5-3-4-6-8-13/h9-10,13,16H,2-8,11-12H2,1H3,(H,18,20). The van der Waals surface area contributed by atoms with Crippen molar-refractivity contribution < 1.29 is 4.79 Å².